The third-order valence-corrected chi connectivity index (χ3v) is 4.91. The van der Waals surface area contributed by atoms with Crippen molar-refractivity contribution >= 4 is 17.5 Å². The summed E-state index contributed by atoms with van der Waals surface area (Å²) in [6.07, 6.45) is 5.30. The lowest BCUT2D eigenvalue weighted by Gasteiger charge is -2.31. The first-order valence-electron chi connectivity index (χ1n) is 7.98. The van der Waals surface area contributed by atoms with Crippen molar-refractivity contribution < 1.29 is 4.79 Å². The number of nitrogens with one attached hydrogen (secondary N) is 1. The van der Waals surface area contributed by atoms with Gasteiger partial charge in [0.25, 0.3) is 0 Å². The Morgan fingerprint density at radius 2 is 1.90 bits per heavy atom. The number of benzene rings is 1. The van der Waals surface area contributed by atoms with Crippen LogP contribution in [0.2, 0.25) is 5.02 Å². The first kappa shape index (κ1) is 14.9. The molecule has 1 aliphatic heterocycles. The van der Waals surface area contributed by atoms with E-state index >= 15 is 0 Å². The van der Waals surface area contributed by atoms with E-state index in [1.807, 2.05) is 18.2 Å². The zero-order valence-electron chi connectivity index (χ0n) is 12.4. The number of piperidine rings is 1. The number of carbonyl (C=O) groups is 1. The Kier molecular flexibility index (Phi) is 4.81. The molecule has 1 heterocycles. The lowest BCUT2D eigenvalue weighted by atomic mass is 9.95. The Bertz CT molecular complexity index is 493. The highest BCUT2D eigenvalue weighted by Crippen LogP contribution is 2.23. The summed E-state index contributed by atoms with van der Waals surface area (Å²) in [7, 11) is 0. The van der Waals surface area contributed by atoms with E-state index in [2.05, 4.69) is 16.3 Å². The van der Waals surface area contributed by atoms with Gasteiger partial charge in [-0.2, -0.15) is 0 Å². The van der Waals surface area contributed by atoms with Crippen LogP contribution < -0.4 is 5.32 Å². The SMILES string of the molecule is O=C(NC1CC1)C1CCN(CCc2ccccc2Cl)CC1. The second-order valence-corrected chi connectivity index (χ2v) is 6.65. The molecule has 3 nitrogen and oxygen atoms in total. The maximum Gasteiger partial charge on any atom is 0.223 e. The lowest BCUT2D eigenvalue weighted by molar-refractivity contribution is -0.126. The van der Waals surface area contributed by atoms with Crippen LogP contribution >= 0.6 is 11.6 Å². The summed E-state index contributed by atoms with van der Waals surface area (Å²) in [6.45, 7) is 3.07. The van der Waals surface area contributed by atoms with Gasteiger partial charge in [0.1, 0.15) is 0 Å². The molecule has 0 aromatic heterocycles. The highest BCUT2D eigenvalue weighted by atomic mass is 35.5. The molecule has 2 fully saturated rings. The molecule has 1 aromatic rings. The van der Waals surface area contributed by atoms with E-state index in [4.69, 9.17) is 11.6 Å². The molecule has 21 heavy (non-hydrogen) atoms. The molecule has 1 saturated heterocycles. The molecule has 1 aromatic carbocycles. The van der Waals surface area contributed by atoms with Crippen molar-refractivity contribution in [2.75, 3.05) is 19.6 Å². The van der Waals surface area contributed by atoms with Crippen molar-refractivity contribution in [3.05, 3.63) is 34.9 Å². The molecule has 1 aliphatic carbocycles. The third-order valence-electron chi connectivity index (χ3n) is 4.54. The van der Waals surface area contributed by atoms with Crippen molar-refractivity contribution in [2.24, 2.45) is 5.92 Å². The topological polar surface area (TPSA) is 32.3 Å². The molecule has 0 spiro atoms. The number of amides is 1. The standard InChI is InChI=1S/C17H23ClN2O/c18-16-4-2-1-3-13(16)7-10-20-11-8-14(9-12-20)17(21)19-15-5-6-15/h1-4,14-15H,5-12H2,(H,19,21). The van der Waals surface area contributed by atoms with Crippen LogP contribution in [0.15, 0.2) is 24.3 Å². The van der Waals surface area contributed by atoms with Gasteiger partial charge in [-0.15, -0.1) is 0 Å². The van der Waals surface area contributed by atoms with Crippen molar-refractivity contribution in [1.82, 2.24) is 10.2 Å². The smallest absolute Gasteiger partial charge is 0.223 e. The zero-order chi connectivity index (χ0) is 14.7. The monoisotopic (exact) mass is 306 g/mol. The average Bonchev–Trinajstić information content (AvgIpc) is 3.31. The molecular weight excluding hydrogens is 284 g/mol. The van der Waals surface area contributed by atoms with Crippen molar-refractivity contribution in [3.8, 4) is 0 Å². The molecule has 3 rings (SSSR count). The number of likely N-dealkylation sites (tertiary alicyclic amines) is 1. The fourth-order valence-corrected chi connectivity index (χ4v) is 3.18. The normalized spacial score (nSPS) is 20.4. The van der Waals surface area contributed by atoms with E-state index in [1.54, 1.807) is 0 Å². The predicted octanol–water partition coefficient (Wildman–Crippen LogP) is 2.87. The summed E-state index contributed by atoms with van der Waals surface area (Å²) < 4.78 is 0. The van der Waals surface area contributed by atoms with Crippen molar-refractivity contribution in [3.63, 3.8) is 0 Å². The number of carbonyl (C=O) groups excluding carboxylic acids is 1. The van der Waals surface area contributed by atoms with Gasteiger partial charge in [0.15, 0.2) is 0 Å². The van der Waals surface area contributed by atoms with Gasteiger partial charge in [-0.1, -0.05) is 29.8 Å². The molecule has 1 amide bonds. The van der Waals surface area contributed by atoms with Crippen LogP contribution in [0.25, 0.3) is 0 Å². The maximum atomic E-state index is 12.0. The summed E-state index contributed by atoms with van der Waals surface area (Å²) in [5.74, 6) is 0.505. The van der Waals surface area contributed by atoms with E-state index in [-0.39, 0.29) is 11.8 Å². The van der Waals surface area contributed by atoms with Gasteiger partial charge in [-0.05, 0) is 56.8 Å². The van der Waals surface area contributed by atoms with Crippen LogP contribution in [0.3, 0.4) is 0 Å². The first-order chi connectivity index (χ1) is 10.2. The first-order valence-corrected chi connectivity index (χ1v) is 8.36. The van der Waals surface area contributed by atoms with Gasteiger partial charge in [0, 0.05) is 23.5 Å². The van der Waals surface area contributed by atoms with E-state index < -0.39 is 0 Å². The second-order valence-electron chi connectivity index (χ2n) is 6.24. The minimum atomic E-state index is 0.224. The van der Waals surface area contributed by atoms with Crippen LogP contribution in [-0.2, 0) is 11.2 Å². The molecule has 1 N–H and O–H groups in total. The predicted molar refractivity (Wildman–Crippen MR) is 85.5 cm³/mol. The van der Waals surface area contributed by atoms with Crippen LogP contribution in [-0.4, -0.2) is 36.5 Å². The van der Waals surface area contributed by atoms with E-state index in [1.165, 1.54) is 18.4 Å². The Labute approximate surface area is 131 Å². The van der Waals surface area contributed by atoms with E-state index in [0.717, 1.165) is 43.9 Å². The molecule has 0 unspecified atom stereocenters. The lowest BCUT2D eigenvalue weighted by Crippen LogP contribution is -2.41. The summed E-state index contributed by atoms with van der Waals surface area (Å²) in [6, 6.07) is 8.53. The van der Waals surface area contributed by atoms with Gasteiger partial charge in [-0.3, -0.25) is 4.79 Å². The molecule has 2 aliphatic rings. The van der Waals surface area contributed by atoms with Gasteiger partial charge >= 0.3 is 0 Å². The summed E-state index contributed by atoms with van der Waals surface area (Å²) in [5, 5.41) is 3.99. The highest BCUT2D eigenvalue weighted by Gasteiger charge is 2.29. The number of nitrogens with zero attached hydrogens (tertiary/aromatic N) is 1. The third kappa shape index (κ3) is 4.21. The molecule has 0 atom stereocenters. The largest absolute Gasteiger partial charge is 0.353 e. The number of rotatable bonds is 5. The molecule has 114 valence electrons. The number of hydrogen-bond acceptors (Lipinski definition) is 2. The zero-order valence-corrected chi connectivity index (χ0v) is 13.1. The molecular formula is C17H23ClN2O. The van der Waals surface area contributed by atoms with Gasteiger partial charge < -0.3 is 10.2 Å². The van der Waals surface area contributed by atoms with Crippen LogP contribution in [0, 0.1) is 5.92 Å². The Morgan fingerprint density at radius 3 is 2.57 bits per heavy atom. The maximum absolute atomic E-state index is 12.0. The van der Waals surface area contributed by atoms with E-state index in [0.29, 0.717) is 6.04 Å². The Morgan fingerprint density at radius 1 is 1.19 bits per heavy atom. The van der Waals surface area contributed by atoms with Crippen LogP contribution in [0.4, 0.5) is 0 Å². The van der Waals surface area contributed by atoms with Crippen molar-refractivity contribution in [2.45, 2.75) is 38.1 Å². The minimum absolute atomic E-state index is 0.224. The van der Waals surface area contributed by atoms with Gasteiger partial charge in [0.2, 0.25) is 5.91 Å². The minimum Gasteiger partial charge on any atom is -0.353 e. The van der Waals surface area contributed by atoms with Crippen LogP contribution in [0.1, 0.15) is 31.2 Å². The molecule has 0 radical (unpaired) electrons. The summed E-state index contributed by atoms with van der Waals surface area (Å²) in [4.78, 5) is 14.5. The fourth-order valence-electron chi connectivity index (χ4n) is 2.95. The molecule has 1 saturated carbocycles. The Hall–Kier alpha value is -1.06. The van der Waals surface area contributed by atoms with Crippen LogP contribution in [0.5, 0.6) is 0 Å². The average molecular weight is 307 g/mol. The quantitative estimate of drug-likeness (QED) is 0.907. The van der Waals surface area contributed by atoms with Gasteiger partial charge in [-0.25, -0.2) is 0 Å². The Balaban J connectivity index is 1.41. The summed E-state index contributed by atoms with van der Waals surface area (Å²) >= 11 is 6.19. The molecule has 4 heteroatoms. The van der Waals surface area contributed by atoms with Gasteiger partial charge in [0.05, 0.1) is 0 Å². The van der Waals surface area contributed by atoms with E-state index in [9.17, 15) is 4.79 Å². The second kappa shape index (κ2) is 6.80. The highest BCUT2D eigenvalue weighted by molar-refractivity contribution is 6.31. The number of hydrogen-bond donors (Lipinski definition) is 1. The summed E-state index contributed by atoms with van der Waals surface area (Å²) in [5.41, 5.74) is 1.22. The fraction of sp³-hybridized carbons (Fsp3) is 0.588. The molecule has 0 bridgehead atoms. The van der Waals surface area contributed by atoms with Crippen molar-refractivity contribution in [1.29, 1.82) is 0 Å². The number of halogens is 1.